The van der Waals surface area contributed by atoms with Crippen molar-refractivity contribution in [1.29, 1.82) is 0 Å². The molecule has 1 aliphatic carbocycles. The monoisotopic (exact) mass is 561 g/mol. The van der Waals surface area contributed by atoms with Crippen molar-refractivity contribution >= 4 is 10.4 Å². The summed E-state index contributed by atoms with van der Waals surface area (Å²) in [6.45, 7) is 2.16. The normalized spacial score (nSPS) is 45.1. The molecule has 12 atom stereocenters. The first kappa shape index (κ1) is 32.6. The van der Waals surface area contributed by atoms with Crippen molar-refractivity contribution in [3.05, 3.63) is 0 Å². The van der Waals surface area contributed by atoms with Gasteiger partial charge >= 0.3 is 10.4 Å². The van der Waals surface area contributed by atoms with E-state index < -0.39 is 71.1 Å². The molecule has 37 heavy (non-hydrogen) atoms. The van der Waals surface area contributed by atoms with Crippen LogP contribution in [0.5, 0.6) is 0 Å². The molecule has 0 spiro atoms. The molecule has 17 heteroatoms. The summed E-state index contributed by atoms with van der Waals surface area (Å²) in [4.78, 5) is 0. The van der Waals surface area contributed by atoms with E-state index in [4.69, 9.17) is 53.7 Å². The molecule has 0 aromatic carbocycles. The van der Waals surface area contributed by atoms with Gasteiger partial charge in [-0.05, 0) is 40.3 Å². The average molecular weight is 562 g/mol. The fraction of sp³-hybridized carbons (Fsp3) is 1.00. The molecule has 2 aliphatic heterocycles. The number of likely N-dealkylation sites (N-methyl/N-ethyl adjacent to an activating group) is 2. The molecule has 0 radical (unpaired) electrons. The van der Waals surface area contributed by atoms with Gasteiger partial charge < -0.3 is 62.1 Å². The Morgan fingerprint density at radius 2 is 1.51 bits per heavy atom. The van der Waals surface area contributed by atoms with Crippen LogP contribution in [0.3, 0.4) is 0 Å². The maximum Gasteiger partial charge on any atom is 0.394 e. The lowest BCUT2D eigenvalue weighted by molar-refractivity contribution is -0.306. The third kappa shape index (κ3) is 9.23. The zero-order valence-electron chi connectivity index (χ0n) is 21.2. The molecule has 2 saturated heterocycles. The van der Waals surface area contributed by atoms with Crippen LogP contribution in [0.15, 0.2) is 0 Å². The highest BCUT2D eigenvalue weighted by atomic mass is 32.3. The summed E-state index contributed by atoms with van der Waals surface area (Å²) in [6.07, 6.45) is -4.12. The van der Waals surface area contributed by atoms with E-state index in [0.717, 1.165) is 12.8 Å². The van der Waals surface area contributed by atoms with Gasteiger partial charge in [0, 0.05) is 18.6 Å². The maximum atomic E-state index is 11.1. The van der Waals surface area contributed by atoms with Crippen LogP contribution in [0, 0.1) is 0 Å². The smallest absolute Gasteiger partial charge is 0.388 e. The number of hydrogen-bond donors (Lipinski definition) is 10. The molecule has 13 N–H and O–H groups in total. The second kappa shape index (κ2) is 13.6. The topological polar surface area (TPSA) is 274 Å². The van der Waals surface area contributed by atoms with E-state index in [1.165, 1.54) is 0 Å². The van der Waals surface area contributed by atoms with Crippen LogP contribution in [0.2, 0.25) is 0 Å². The standard InChI is InChI=1S/C20H41N5O7.H2O4S/c1-20(28)8-29-19(14(27)17(20)25-3)32-16-12(23)6-11(22)15(13(16)26)31-18-10(21)5-4-9(30-18)7-24-2;1-5(2,3)4/h9-19,24-28H,4-8,21-23H2,1-3H3;(H2,1,2,3,4). The van der Waals surface area contributed by atoms with Gasteiger partial charge in [-0.15, -0.1) is 0 Å². The van der Waals surface area contributed by atoms with Crippen molar-refractivity contribution in [3.8, 4) is 0 Å². The van der Waals surface area contributed by atoms with Crippen molar-refractivity contribution in [3.63, 3.8) is 0 Å². The Morgan fingerprint density at radius 1 is 0.973 bits per heavy atom. The van der Waals surface area contributed by atoms with Crippen LogP contribution in [-0.2, 0) is 29.3 Å². The van der Waals surface area contributed by atoms with E-state index >= 15 is 0 Å². The Balaban J connectivity index is 0.000000877. The highest BCUT2D eigenvalue weighted by Crippen LogP contribution is 2.31. The number of rotatable bonds is 7. The first-order valence-electron chi connectivity index (χ1n) is 12.0. The van der Waals surface area contributed by atoms with Crippen LogP contribution < -0.4 is 27.8 Å². The molecule has 1 saturated carbocycles. The maximum absolute atomic E-state index is 11.1. The van der Waals surface area contributed by atoms with E-state index in [2.05, 4.69) is 10.6 Å². The highest BCUT2D eigenvalue weighted by molar-refractivity contribution is 7.79. The van der Waals surface area contributed by atoms with Crippen molar-refractivity contribution in [2.24, 2.45) is 17.2 Å². The zero-order chi connectivity index (χ0) is 28.1. The minimum atomic E-state index is -4.67. The Kier molecular flexibility index (Phi) is 12.0. The summed E-state index contributed by atoms with van der Waals surface area (Å²) >= 11 is 0. The second-order valence-electron chi connectivity index (χ2n) is 9.92. The van der Waals surface area contributed by atoms with E-state index in [1.807, 2.05) is 7.05 Å². The minimum Gasteiger partial charge on any atom is -0.388 e. The number of hydrogen-bond acceptors (Lipinski definition) is 14. The van der Waals surface area contributed by atoms with Gasteiger partial charge in [0.05, 0.1) is 24.8 Å². The third-order valence-electron chi connectivity index (χ3n) is 6.72. The van der Waals surface area contributed by atoms with E-state index in [-0.39, 0.29) is 18.8 Å². The van der Waals surface area contributed by atoms with Gasteiger partial charge in [0.15, 0.2) is 12.6 Å². The molecular weight excluding hydrogens is 518 g/mol. The van der Waals surface area contributed by atoms with E-state index in [1.54, 1.807) is 14.0 Å². The van der Waals surface area contributed by atoms with Gasteiger partial charge in [0.1, 0.15) is 30.0 Å². The summed E-state index contributed by atoms with van der Waals surface area (Å²) in [6, 6.07) is -2.20. The summed E-state index contributed by atoms with van der Waals surface area (Å²) in [5, 5.41) is 38.1. The average Bonchev–Trinajstić information content (AvgIpc) is 2.76. The van der Waals surface area contributed by atoms with Gasteiger partial charge in [-0.3, -0.25) is 9.11 Å². The molecule has 3 aliphatic rings. The summed E-state index contributed by atoms with van der Waals surface area (Å²) in [7, 11) is -1.19. The van der Waals surface area contributed by atoms with Crippen LogP contribution in [-0.4, -0.2) is 133 Å². The summed E-state index contributed by atoms with van der Waals surface area (Å²) in [5.74, 6) is 0. The molecule has 3 rings (SSSR count). The largest absolute Gasteiger partial charge is 0.394 e. The predicted molar refractivity (Wildman–Crippen MR) is 130 cm³/mol. The minimum absolute atomic E-state index is 0.0480. The number of nitrogens with one attached hydrogen (secondary N) is 2. The summed E-state index contributed by atoms with van der Waals surface area (Å²) in [5.41, 5.74) is 17.4. The molecular formula is C20H43N5O11S. The van der Waals surface area contributed by atoms with Gasteiger partial charge in [-0.2, -0.15) is 8.42 Å². The molecule has 0 aromatic heterocycles. The molecule has 220 valence electrons. The number of nitrogens with two attached hydrogens (primary N) is 3. The lowest BCUT2D eigenvalue weighted by atomic mass is 9.84. The van der Waals surface area contributed by atoms with Crippen molar-refractivity contribution in [1.82, 2.24) is 10.6 Å². The Labute approximate surface area is 216 Å². The number of ether oxygens (including phenoxy) is 4. The first-order valence-corrected chi connectivity index (χ1v) is 13.4. The molecule has 12 unspecified atom stereocenters. The van der Waals surface area contributed by atoms with Crippen LogP contribution in [0.1, 0.15) is 26.2 Å². The fourth-order valence-electron chi connectivity index (χ4n) is 4.90. The SMILES string of the molecule is CNCC1CCC(N)C(OC2C(N)CC(N)C(OC3OCC(C)(O)C(NC)C3O)C2O)O1.O=S(=O)(O)O. The lowest BCUT2D eigenvalue weighted by Gasteiger charge is -2.48. The first-order chi connectivity index (χ1) is 17.1. The van der Waals surface area contributed by atoms with Crippen molar-refractivity contribution in [2.45, 2.75) is 99.1 Å². The molecule has 0 bridgehead atoms. The van der Waals surface area contributed by atoms with Crippen LogP contribution in [0.25, 0.3) is 0 Å². The lowest BCUT2D eigenvalue weighted by Crippen LogP contribution is -2.68. The second-order valence-corrected chi connectivity index (χ2v) is 10.8. The van der Waals surface area contributed by atoms with E-state index in [9.17, 15) is 15.3 Å². The van der Waals surface area contributed by atoms with Gasteiger partial charge in [0.2, 0.25) is 0 Å². The summed E-state index contributed by atoms with van der Waals surface area (Å²) < 4.78 is 55.1. The zero-order valence-corrected chi connectivity index (χ0v) is 22.0. The molecule has 16 nitrogen and oxygen atoms in total. The molecule has 2 heterocycles. The van der Waals surface area contributed by atoms with Gasteiger partial charge in [-0.1, -0.05) is 0 Å². The number of aliphatic hydroxyl groups is 3. The Morgan fingerprint density at radius 3 is 2.03 bits per heavy atom. The quantitative estimate of drug-likeness (QED) is 0.131. The fourth-order valence-corrected chi connectivity index (χ4v) is 4.90. The number of aliphatic hydroxyl groups excluding tert-OH is 2. The van der Waals surface area contributed by atoms with Crippen LogP contribution in [0.4, 0.5) is 0 Å². The van der Waals surface area contributed by atoms with E-state index in [0.29, 0.717) is 13.0 Å². The highest BCUT2D eigenvalue weighted by Gasteiger charge is 2.50. The van der Waals surface area contributed by atoms with Crippen molar-refractivity contribution < 1.29 is 51.8 Å². The third-order valence-corrected chi connectivity index (χ3v) is 6.72. The Hall–Kier alpha value is -0.610. The molecule has 0 aromatic rings. The van der Waals surface area contributed by atoms with Gasteiger partial charge in [0.25, 0.3) is 0 Å². The Bertz CT molecular complexity index is 802. The predicted octanol–water partition coefficient (Wildman–Crippen LogP) is -4.37. The van der Waals surface area contributed by atoms with Crippen LogP contribution >= 0.6 is 0 Å². The molecule has 3 fully saturated rings. The van der Waals surface area contributed by atoms with Gasteiger partial charge in [-0.25, -0.2) is 0 Å². The van der Waals surface area contributed by atoms with Crippen molar-refractivity contribution in [2.75, 3.05) is 27.2 Å². The molecule has 0 amide bonds.